The van der Waals surface area contributed by atoms with E-state index in [9.17, 15) is 9.59 Å². The van der Waals surface area contributed by atoms with Gasteiger partial charge in [0.2, 0.25) is 11.8 Å². The molecule has 0 spiro atoms. The molecule has 1 unspecified atom stereocenters. The quantitative estimate of drug-likeness (QED) is 0.664. The van der Waals surface area contributed by atoms with Gasteiger partial charge < -0.3 is 15.1 Å². The van der Waals surface area contributed by atoms with E-state index >= 15 is 0 Å². The molecule has 144 valence electrons. The Morgan fingerprint density at radius 3 is 2.74 bits per heavy atom. The molecule has 1 aliphatic heterocycles. The zero-order valence-electron chi connectivity index (χ0n) is 15.5. The van der Waals surface area contributed by atoms with E-state index in [0.717, 1.165) is 38.0 Å². The van der Waals surface area contributed by atoms with Crippen LogP contribution in [0.3, 0.4) is 0 Å². The van der Waals surface area contributed by atoms with Gasteiger partial charge in [-0.1, -0.05) is 30.3 Å². The predicted molar refractivity (Wildman–Crippen MR) is 103 cm³/mol. The van der Waals surface area contributed by atoms with E-state index in [0.29, 0.717) is 13.1 Å². The maximum Gasteiger partial charge on any atom is 0.237 e. The highest BCUT2D eigenvalue weighted by Crippen LogP contribution is 2.17. The van der Waals surface area contributed by atoms with Crippen LogP contribution in [0.2, 0.25) is 0 Å². The lowest BCUT2D eigenvalue weighted by molar-refractivity contribution is -0.127. The molecule has 1 aromatic heterocycles. The van der Waals surface area contributed by atoms with Gasteiger partial charge in [0.1, 0.15) is 5.76 Å². The van der Waals surface area contributed by atoms with Gasteiger partial charge in [-0.05, 0) is 49.9 Å². The third-order valence-corrected chi connectivity index (χ3v) is 4.84. The van der Waals surface area contributed by atoms with Crippen molar-refractivity contribution in [2.24, 2.45) is 0 Å². The second kappa shape index (κ2) is 9.92. The molecular formula is C21H27N3O3. The minimum absolute atomic E-state index is 0.0196. The summed E-state index contributed by atoms with van der Waals surface area (Å²) < 4.78 is 5.23. The Hall–Kier alpha value is -2.60. The molecule has 2 heterocycles. The van der Waals surface area contributed by atoms with Crippen LogP contribution in [0.15, 0.2) is 53.1 Å². The number of furan rings is 1. The lowest BCUT2D eigenvalue weighted by Gasteiger charge is -2.23. The maximum atomic E-state index is 12.4. The Morgan fingerprint density at radius 2 is 1.96 bits per heavy atom. The van der Waals surface area contributed by atoms with Gasteiger partial charge in [-0.15, -0.1) is 0 Å². The van der Waals surface area contributed by atoms with E-state index < -0.39 is 0 Å². The first kappa shape index (κ1) is 19.2. The minimum Gasteiger partial charge on any atom is -0.467 e. The van der Waals surface area contributed by atoms with Gasteiger partial charge in [0.05, 0.1) is 25.4 Å². The third-order valence-electron chi connectivity index (χ3n) is 4.84. The summed E-state index contributed by atoms with van der Waals surface area (Å²) in [5.41, 5.74) is 1.28. The summed E-state index contributed by atoms with van der Waals surface area (Å²) in [7, 11) is 0. The van der Waals surface area contributed by atoms with Crippen molar-refractivity contribution in [3.05, 3.63) is 60.1 Å². The third kappa shape index (κ3) is 5.96. The molecule has 1 fully saturated rings. The Balaban J connectivity index is 1.36. The fraction of sp³-hybridized carbons (Fsp3) is 0.429. The van der Waals surface area contributed by atoms with E-state index in [4.69, 9.17) is 4.42 Å². The second-order valence-corrected chi connectivity index (χ2v) is 6.86. The number of nitrogens with one attached hydrogen (secondary N) is 2. The maximum absolute atomic E-state index is 12.4. The highest BCUT2D eigenvalue weighted by molar-refractivity contribution is 5.84. The zero-order chi connectivity index (χ0) is 18.9. The van der Waals surface area contributed by atoms with Gasteiger partial charge in [0.25, 0.3) is 0 Å². The van der Waals surface area contributed by atoms with E-state index in [1.165, 1.54) is 5.56 Å². The molecule has 2 aromatic rings. The number of rotatable bonds is 9. The van der Waals surface area contributed by atoms with Crippen LogP contribution in [0.5, 0.6) is 0 Å². The van der Waals surface area contributed by atoms with Gasteiger partial charge in [-0.2, -0.15) is 0 Å². The average molecular weight is 369 g/mol. The Bertz CT molecular complexity index is 716. The molecule has 6 nitrogen and oxygen atoms in total. The molecule has 1 aromatic carbocycles. The molecule has 3 rings (SSSR count). The number of carbonyl (C=O) groups is 2. The molecule has 2 N–H and O–H groups in total. The lowest BCUT2D eigenvalue weighted by atomic mass is 10.1. The van der Waals surface area contributed by atoms with Crippen molar-refractivity contribution in [1.82, 2.24) is 15.5 Å². The molecular weight excluding hydrogens is 342 g/mol. The summed E-state index contributed by atoms with van der Waals surface area (Å²) in [5, 5.41) is 5.86. The molecule has 6 heteroatoms. The first-order chi connectivity index (χ1) is 13.2. The number of likely N-dealkylation sites (tertiary alicyclic amines) is 1. The molecule has 1 saturated heterocycles. The SMILES string of the molecule is O=C(CN1CCCC1C(=O)NCc1ccco1)NCCCc1ccccc1. The van der Waals surface area contributed by atoms with E-state index in [-0.39, 0.29) is 24.4 Å². The molecule has 0 aliphatic carbocycles. The molecule has 1 atom stereocenters. The number of carbonyl (C=O) groups excluding carboxylic acids is 2. The van der Waals surface area contributed by atoms with E-state index in [1.807, 2.05) is 29.2 Å². The van der Waals surface area contributed by atoms with E-state index in [1.54, 1.807) is 12.3 Å². The Labute approximate surface area is 159 Å². The normalized spacial score (nSPS) is 17.0. The van der Waals surface area contributed by atoms with Crippen molar-refractivity contribution in [3.63, 3.8) is 0 Å². The molecule has 27 heavy (non-hydrogen) atoms. The number of amides is 2. The standard InChI is InChI=1S/C21H27N3O3/c25-20(22-12-4-9-17-7-2-1-3-8-17)16-24-13-5-11-19(24)21(26)23-15-18-10-6-14-27-18/h1-3,6-8,10,14,19H,4-5,9,11-13,15-16H2,(H,22,25)(H,23,26). The number of hydrogen-bond donors (Lipinski definition) is 2. The Morgan fingerprint density at radius 1 is 1.11 bits per heavy atom. The number of nitrogens with zero attached hydrogens (tertiary/aromatic N) is 1. The van der Waals surface area contributed by atoms with Crippen LogP contribution in [0.4, 0.5) is 0 Å². The predicted octanol–water partition coefficient (Wildman–Crippen LogP) is 2.11. The molecule has 0 saturated carbocycles. The lowest BCUT2D eigenvalue weighted by Crippen LogP contribution is -2.47. The summed E-state index contributed by atoms with van der Waals surface area (Å²) in [6.07, 6.45) is 5.16. The van der Waals surface area contributed by atoms with Crippen molar-refractivity contribution >= 4 is 11.8 Å². The van der Waals surface area contributed by atoms with Crippen molar-refractivity contribution in [3.8, 4) is 0 Å². The number of benzene rings is 1. The fourth-order valence-corrected chi connectivity index (χ4v) is 3.42. The summed E-state index contributed by atoms with van der Waals surface area (Å²) in [5.74, 6) is 0.665. The fourth-order valence-electron chi connectivity index (χ4n) is 3.42. The molecule has 0 bridgehead atoms. The average Bonchev–Trinajstić information content (AvgIpc) is 3.36. The topological polar surface area (TPSA) is 74.6 Å². The zero-order valence-corrected chi connectivity index (χ0v) is 15.5. The van der Waals surface area contributed by atoms with Gasteiger partial charge in [-0.3, -0.25) is 14.5 Å². The number of aryl methyl sites for hydroxylation is 1. The van der Waals surface area contributed by atoms with Gasteiger partial charge in [0, 0.05) is 6.54 Å². The van der Waals surface area contributed by atoms with Crippen LogP contribution in [-0.4, -0.2) is 42.4 Å². The molecule has 1 aliphatic rings. The van der Waals surface area contributed by atoms with Crippen LogP contribution >= 0.6 is 0 Å². The van der Waals surface area contributed by atoms with Crippen LogP contribution < -0.4 is 10.6 Å². The molecule has 2 amide bonds. The van der Waals surface area contributed by atoms with Crippen LogP contribution in [-0.2, 0) is 22.6 Å². The monoisotopic (exact) mass is 369 g/mol. The van der Waals surface area contributed by atoms with Gasteiger partial charge >= 0.3 is 0 Å². The van der Waals surface area contributed by atoms with E-state index in [2.05, 4.69) is 22.8 Å². The Kier molecular flexibility index (Phi) is 7.04. The summed E-state index contributed by atoms with van der Waals surface area (Å²) in [6, 6.07) is 13.6. The highest BCUT2D eigenvalue weighted by atomic mass is 16.3. The largest absolute Gasteiger partial charge is 0.467 e. The summed E-state index contributed by atoms with van der Waals surface area (Å²) in [6.45, 7) is 2.07. The van der Waals surface area contributed by atoms with Gasteiger partial charge in [-0.25, -0.2) is 0 Å². The van der Waals surface area contributed by atoms with Crippen molar-refractivity contribution < 1.29 is 14.0 Å². The molecule has 0 radical (unpaired) electrons. The highest BCUT2D eigenvalue weighted by Gasteiger charge is 2.31. The second-order valence-electron chi connectivity index (χ2n) is 6.86. The summed E-state index contributed by atoms with van der Waals surface area (Å²) >= 11 is 0. The van der Waals surface area contributed by atoms with Crippen molar-refractivity contribution in [1.29, 1.82) is 0 Å². The smallest absolute Gasteiger partial charge is 0.237 e. The van der Waals surface area contributed by atoms with Gasteiger partial charge in [0.15, 0.2) is 0 Å². The minimum atomic E-state index is -0.241. The number of hydrogen-bond acceptors (Lipinski definition) is 4. The summed E-state index contributed by atoms with van der Waals surface area (Å²) in [4.78, 5) is 26.6. The van der Waals surface area contributed by atoms with Crippen LogP contribution in [0, 0.1) is 0 Å². The van der Waals surface area contributed by atoms with Crippen molar-refractivity contribution in [2.75, 3.05) is 19.6 Å². The van der Waals surface area contributed by atoms with Crippen LogP contribution in [0.1, 0.15) is 30.6 Å². The van der Waals surface area contributed by atoms with Crippen LogP contribution in [0.25, 0.3) is 0 Å². The first-order valence-corrected chi connectivity index (χ1v) is 9.57. The first-order valence-electron chi connectivity index (χ1n) is 9.57. The van der Waals surface area contributed by atoms with Crippen molar-refractivity contribution in [2.45, 2.75) is 38.3 Å².